The van der Waals surface area contributed by atoms with E-state index < -0.39 is 7.60 Å². The molecule has 0 bridgehead atoms. The van der Waals surface area contributed by atoms with Gasteiger partial charge in [0.05, 0.1) is 18.8 Å². The number of hydrogen-bond acceptors (Lipinski definition) is 4. The van der Waals surface area contributed by atoms with Gasteiger partial charge in [-0.3, -0.25) is 4.57 Å². The average Bonchev–Trinajstić information content (AvgIpc) is 2.24. The molecule has 0 unspecified atom stereocenters. The van der Waals surface area contributed by atoms with Crippen LogP contribution in [0.1, 0.15) is 27.7 Å². The molecule has 0 aromatic rings. The van der Waals surface area contributed by atoms with Gasteiger partial charge in [-0.05, 0) is 11.8 Å². The van der Waals surface area contributed by atoms with Gasteiger partial charge in [0.1, 0.15) is 6.29 Å². The molecule has 1 aliphatic rings. The highest BCUT2D eigenvalue weighted by atomic mass is 31.2. The lowest BCUT2D eigenvalue weighted by Gasteiger charge is -2.52. The topological polar surface area (TPSA) is 82.0 Å². The maximum Gasteiger partial charge on any atom is 0.340 e. The fraction of sp³-hybridized carbons (Fsp3) is 1.00. The standard InChI is InChI=1S/C11H25N2O4P/c1-9(2)11(10(3)4)7-17-6-5-13(11)12-8-18(14,15)16/h9-10,12H,5-8H2,1-4H3,(H2,14,15,16). The lowest BCUT2D eigenvalue weighted by molar-refractivity contribution is -0.136. The molecule has 108 valence electrons. The summed E-state index contributed by atoms with van der Waals surface area (Å²) in [7, 11) is -4.04. The number of nitrogens with zero attached hydrogens (tertiary/aromatic N) is 1. The molecule has 7 heteroatoms. The lowest BCUT2D eigenvalue weighted by Crippen LogP contribution is -2.67. The van der Waals surface area contributed by atoms with Crippen molar-refractivity contribution in [2.45, 2.75) is 33.2 Å². The fourth-order valence-corrected chi connectivity index (χ4v) is 3.06. The van der Waals surface area contributed by atoms with E-state index in [1.54, 1.807) is 0 Å². The molecule has 0 saturated carbocycles. The van der Waals surface area contributed by atoms with Crippen molar-refractivity contribution in [3.05, 3.63) is 0 Å². The largest absolute Gasteiger partial charge is 0.378 e. The highest BCUT2D eigenvalue weighted by molar-refractivity contribution is 7.51. The first-order valence-electron chi connectivity index (χ1n) is 6.33. The Labute approximate surface area is 109 Å². The summed E-state index contributed by atoms with van der Waals surface area (Å²) in [5.41, 5.74) is 2.68. The molecule has 1 rings (SSSR count). The number of ether oxygens (including phenoxy) is 1. The Balaban J connectivity index is 2.86. The Morgan fingerprint density at radius 3 is 2.33 bits per heavy atom. The summed E-state index contributed by atoms with van der Waals surface area (Å²) < 4.78 is 16.6. The molecule has 0 spiro atoms. The second-order valence-electron chi connectivity index (χ2n) is 5.49. The van der Waals surface area contributed by atoms with E-state index in [1.165, 1.54) is 0 Å². The first kappa shape index (κ1) is 16.1. The van der Waals surface area contributed by atoms with Gasteiger partial charge in [0.15, 0.2) is 0 Å². The summed E-state index contributed by atoms with van der Waals surface area (Å²) in [5, 5.41) is 1.96. The number of nitrogens with one attached hydrogen (secondary N) is 1. The number of rotatable bonds is 5. The third kappa shape index (κ3) is 3.53. The van der Waals surface area contributed by atoms with E-state index in [4.69, 9.17) is 14.5 Å². The Kier molecular flexibility index (Phi) is 5.35. The normalized spacial score (nSPS) is 21.8. The van der Waals surface area contributed by atoms with Crippen molar-refractivity contribution in [1.29, 1.82) is 0 Å². The maximum atomic E-state index is 11.0. The van der Waals surface area contributed by atoms with Crippen molar-refractivity contribution < 1.29 is 19.1 Å². The second kappa shape index (κ2) is 5.99. The smallest absolute Gasteiger partial charge is 0.340 e. The van der Waals surface area contributed by atoms with E-state index in [2.05, 4.69) is 33.1 Å². The van der Waals surface area contributed by atoms with Crippen LogP contribution < -0.4 is 5.43 Å². The van der Waals surface area contributed by atoms with E-state index in [0.717, 1.165) is 0 Å². The van der Waals surface area contributed by atoms with Crippen LogP contribution >= 0.6 is 7.60 Å². The Bertz CT molecular complexity index is 308. The van der Waals surface area contributed by atoms with Crippen LogP contribution in [0.2, 0.25) is 0 Å². The van der Waals surface area contributed by atoms with Gasteiger partial charge in [0, 0.05) is 6.54 Å². The van der Waals surface area contributed by atoms with Crippen LogP contribution in [-0.2, 0) is 9.30 Å². The molecule has 0 amide bonds. The van der Waals surface area contributed by atoms with Gasteiger partial charge in [-0.15, -0.1) is 0 Å². The zero-order valence-electron chi connectivity index (χ0n) is 11.6. The van der Waals surface area contributed by atoms with Crippen molar-refractivity contribution >= 4 is 7.60 Å². The molecule has 0 aromatic carbocycles. The third-order valence-electron chi connectivity index (χ3n) is 3.76. The van der Waals surface area contributed by atoms with Crippen LogP contribution in [-0.4, -0.2) is 46.4 Å². The van der Waals surface area contributed by atoms with Gasteiger partial charge in [-0.2, -0.15) is 0 Å². The first-order chi connectivity index (χ1) is 8.20. The van der Waals surface area contributed by atoms with Crippen LogP contribution in [0.3, 0.4) is 0 Å². The lowest BCUT2D eigenvalue weighted by atomic mass is 9.76. The van der Waals surface area contributed by atoms with Crippen molar-refractivity contribution in [2.24, 2.45) is 11.8 Å². The molecule has 0 aromatic heterocycles. The van der Waals surface area contributed by atoms with E-state index in [9.17, 15) is 4.57 Å². The van der Waals surface area contributed by atoms with E-state index in [0.29, 0.717) is 31.6 Å². The highest BCUT2D eigenvalue weighted by Crippen LogP contribution is 2.37. The summed E-state index contributed by atoms with van der Waals surface area (Å²) >= 11 is 0. The highest BCUT2D eigenvalue weighted by Gasteiger charge is 2.45. The van der Waals surface area contributed by atoms with Crippen molar-refractivity contribution in [2.75, 3.05) is 26.0 Å². The van der Waals surface area contributed by atoms with Crippen LogP contribution in [0.4, 0.5) is 0 Å². The molecule has 1 saturated heterocycles. The zero-order chi connectivity index (χ0) is 14.0. The molecular weight excluding hydrogens is 255 g/mol. The van der Waals surface area contributed by atoms with Crippen molar-refractivity contribution in [1.82, 2.24) is 10.4 Å². The zero-order valence-corrected chi connectivity index (χ0v) is 12.5. The molecular formula is C11H25N2O4P. The van der Waals surface area contributed by atoms with Gasteiger partial charge >= 0.3 is 7.60 Å². The summed E-state index contributed by atoms with van der Waals surface area (Å²) in [6, 6.07) is 0. The minimum atomic E-state index is -4.04. The molecule has 6 nitrogen and oxygen atoms in total. The van der Waals surface area contributed by atoms with E-state index >= 15 is 0 Å². The monoisotopic (exact) mass is 280 g/mol. The maximum absolute atomic E-state index is 11.0. The summed E-state index contributed by atoms with van der Waals surface area (Å²) in [6.45, 7) is 10.2. The number of hydrogen-bond donors (Lipinski definition) is 3. The van der Waals surface area contributed by atoms with E-state index in [1.807, 2.05) is 5.01 Å². The van der Waals surface area contributed by atoms with Gasteiger partial charge in [0.2, 0.25) is 0 Å². The van der Waals surface area contributed by atoms with Gasteiger partial charge in [-0.25, -0.2) is 10.4 Å². The Morgan fingerprint density at radius 2 is 1.89 bits per heavy atom. The Hall–Kier alpha value is 0.0300. The molecule has 1 heterocycles. The predicted octanol–water partition coefficient (Wildman–Crippen LogP) is 1.01. The molecule has 1 fully saturated rings. The minimum Gasteiger partial charge on any atom is -0.378 e. The van der Waals surface area contributed by atoms with E-state index in [-0.39, 0.29) is 11.8 Å². The summed E-state index contributed by atoms with van der Waals surface area (Å²) in [5.74, 6) is 0.643. The number of morpholine rings is 1. The fourth-order valence-electron chi connectivity index (χ4n) is 2.70. The minimum absolute atomic E-state index is 0.229. The van der Waals surface area contributed by atoms with Crippen LogP contribution in [0, 0.1) is 11.8 Å². The molecule has 0 aliphatic carbocycles. The van der Waals surface area contributed by atoms with Gasteiger partial charge < -0.3 is 14.5 Å². The van der Waals surface area contributed by atoms with Crippen molar-refractivity contribution in [3.8, 4) is 0 Å². The van der Waals surface area contributed by atoms with Crippen LogP contribution in [0.15, 0.2) is 0 Å². The molecule has 1 aliphatic heterocycles. The molecule has 0 radical (unpaired) electrons. The average molecular weight is 280 g/mol. The first-order valence-corrected chi connectivity index (χ1v) is 8.13. The molecule has 18 heavy (non-hydrogen) atoms. The summed E-state index contributed by atoms with van der Waals surface area (Å²) in [6.07, 6.45) is -0.325. The van der Waals surface area contributed by atoms with Crippen LogP contribution in [0.25, 0.3) is 0 Å². The number of hydrazine groups is 1. The quantitative estimate of drug-likeness (QED) is 0.652. The SMILES string of the molecule is CC(C)C1(C(C)C)COCCN1NCP(=O)(O)O. The summed E-state index contributed by atoms with van der Waals surface area (Å²) in [4.78, 5) is 18.0. The predicted molar refractivity (Wildman–Crippen MR) is 70.0 cm³/mol. The third-order valence-corrected chi connectivity index (χ3v) is 4.32. The van der Waals surface area contributed by atoms with Gasteiger partial charge in [-0.1, -0.05) is 27.7 Å². The molecule has 3 N–H and O–H groups in total. The Morgan fingerprint density at radius 1 is 1.33 bits per heavy atom. The second-order valence-corrected chi connectivity index (χ2v) is 7.13. The van der Waals surface area contributed by atoms with Crippen molar-refractivity contribution in [3.63, 3.8) is 0 Å². The van der Waals surface area contributed by atoms with Gasteiger partial charge in [0.25, 0.3) is 0 Å². The van der Waals surface area contributed by atoms with Crippen LogP contribution in [0.5, 0.6) is 0 Å². The molecule has 0 atom stereocenters.